The fourth-order valence-electron chi connectivity index (χ4n) is 1.54. The summed E-state index contributed by atoms with van der Waals surface area (Å²) in [6, 6.07) is 10.7. The monoisotopic (exact) mass is 253 g/mol. The fraction of sp³-hybridized carbons (Fsp3) is 0.0667. The zero-order valence-corrected chi connectivity index (χ0v) is 10.0. The highest BCUT2D eigenvalue weighted by molar-refractivity contribution is 5.86. The van der Waals surface area contributed by atoms with E-state index in [1.54, 1.807) is 4.57 Å². The molecule has 0 fully saturated rings. The Kier molecular flexibility index (Phi) is 3.79. The lowest BCUT2D eigenvalue weighted by Crippen LogP contribution is -2.16. The van der Waals surface area contributed by atoms with Crippen LogP contribution in [0.5, 0.6) is 0 Å². The van der Waals surface area contributed by atoms with Crippen molar-refractivity contribution in [3.05, 3.63) is 70.1 Å². The molecule has 94 valence electrons. The first-order valence-corrected chi connectivity index (χ1v) is 5.64. The van der Waals surface area contributed by atoms with Crippen molar-refractivity contribution >= 4 is 5.97 Å². The first-order chi connectivity index (χ1) is 9.16. The Morgan fingerprint density at radius 3 is 2.63 bits per heavy atom. The Hall–Kier alpha value is -2.80. The van der Waals surface area contributed by atoms with E-state index in [1.165, 1.54) is 18.5 Å². The summed E-state index contributed by atoms with van der Waals surface area (Å²) in [5.74, 6) is 4.66. The van der Waals surface area contributed by atoms with Crippen LogP contribution in [0.15, 0.2) is 53.6 Å². The number of carboxylic acids is 1. The van der Waals surface area contributed by atoms with Crippen LogP contribution in [0.4, 0.5) is 0 Å². The van der Waals surface area contributed by atoms with Crippen LogP contribution in [0.1, 0.15) is 15.9 Å². The Balaban J connectivity index is 2.17. The summed E-state index contributed by atoms with van der Waals surface area (Å²) in [6.07, 6.45) is 2.82. The van der Waals surface area contributed by atoms with Gasteiger partial charge in [0.2, 0.25) is 0 Å². The molecule has 0 amide bonds. The molecule has 0 aliphatic rings. The number of carboxylic acid groups (broad SMARTS) is 1. The van der Waals surface area contributed by atoms with E-state index in [2.05, 4.69) is 11.8 Å². The van der Waals surface area contributed by atoms with E-state index < -0.39 is 11.4 Å². The number of benzene rings is 1. The minimum atomic E-state index is -1.23. The predicted molar refractivity (Wildman–Crippen MR) is 71.0 cm³/mol. The fourth-order valence-corrected chi connectivity index (χ4v) is 1.54. The molecule has 1 N–H and O–H groups in total. The smallest absolute Gasteiger partial charge is 0.341 e. The van der Waals surface area contributed by atoms with Gasteiger partial charge in [-0.25, -0.2) is 4.79 Å². The average molecular weight is 253 g/mol. The maximum atomic E-state index is 11.3. The van der Waals surface area contributed by atoms with Gasteiger partial charge in [0.15, 0.2) is 5.43 Å². The van der Waals surface area contributed by atoms with Crippen LogP contribution in [-0.4, -0.2) is 15.6 Å². The molecule has 0 saturated heterocycles. The summed E-state index contributed by atoms with van der Waals surface area (Å²) in [5, 5.41) is 8.84. The van der Waals surface area contributed by atoms with Crippen LogP contribution in [0.2, 0.25) is 0 Å². The van der Waals surface area contributed by atoms with Crippen molar-refractivity contribution in [1.82, 2.24) is 4.57 Å². The number of carbonyl (C=O) groups is 1. The summed E-state index contributed by atoms with van der Waals surface area (Å²) in [6.45, 7) is 0.329. The van der Waals surface area contributed by atoms with Crippen molar-refractivity contribution in [3.8, 4) is 11.8 Å². The zero-order chi connectivity index (χ0) is 13.7. The van der Waals surface area contributed by atoms with Crippen LogP contribution >= 0.6 is 0 Å². The number of aromatic carboxylic acids is 1. The van der Waals surface area contributed by atoms with Gasteiger partial charge >= 0.3 is 5.97 Å². The van der Waals surface area contributed by atoms with Crippen molar-refractivity contribution in [3.63, 3.8) is 0 Å². The molecule has 0 unspecified atom stereocenters. The summed E-state index contributed by atoms with van der Waals surface area (Å²) >= 11 is 0. The molecule has 1 aromatic heterocycles. The van der Waals surface area contributed by atoms with Crippen molar-refractivity contribution in [2.75, 3.05) is 0 Å². The van der Waals surface area contributed by atoms with Gasteiger partial charge in [0, 0.05) is 24.0 Å². The van der Waals surface area contributed by atoms with Gasteiger partial charge in [0.25, 0.3) is 0 Å². The molecule has 0 bridgehead atoms. The number of nitrogens with zero attached hydrogens (tertiary/aromatic N) is 1. The molecule has 2 aromatic rings. The van der Waals surface area contributed by atoms with E-state index in [9.17, 15) is 9.59 Å². The molecule has 0 saturated carbocycles. The highest BCUT2D eigenvalue weighted by Crippen LogP contribution is 1.96. The molecule has 0 atom stereocenters. The Bertz CT molecular complexity index is 705. The lowest BCUT2D eigenvalue weighted by Gasteiger charge is -2.01. The van der Waals surface area contributed by atoms with E-state index in [1.807, 2.05) is 30.3 Å². The minimum absolute atomic E-state index is 0.246. The van der Waals surface area contributed by atoms with Gasteiger partial charge in [-0.2, -0.15) is 0 Å². The number of hydrogen-bond acceptors (Lipinski definition) is 2. The maximum Gasteiger partial charge on any atom is 0.341 e. The lowest BCUT2D eigenvalue weighted by molar-refractivity contribution is 0.0694. The molecule has 1 heterocycles. The normalized spacial score (nSPS) is 9.47. The minimum Gasteiger partial charge on any atom is -0.477 e. The molecule has 2 rings (SSSR count). The third-order valence-corrected chi connectivity index (χ3v) is 2.48. The third kappa shape index (κ3) is 3.33. The van der Waals surface area contributed by atoms with Crippen molar-refractivity contribution < 1.29 is 9.90 Å². The van der Waals surface area contributed by atoms with Crippen molar-refractivity contribution in [1.29, 1.82) is 0 Å². The average Bonchev–Trinajstić information content (AvgIpc) is 2.41. The van der Waals surface area contributed by atoms with Gasteiger partial charge in [-0.05, 0) is 12.1 Å². The highest BCUT2D eigenvalue weighted by atomic mass is 16.4. The predicted octanol–water partition coefficient (Wildman–Crippen LogP) is 1.60. The Labute approximate surface area is 109 Å². The second-order valence-electron chi connectivity index (χ2n) is 3.87. The molecule has 19 heavy (non-hydrogen) atoms. The third-order valence-electron chi connectivity index (χ3n) is 2.48. The van der Waals surface area contributed by atoms with Gasteiger partial charge in [0.1, 0.15) is 5.56 Å². The van der Waals surface area contributed by atoms with Gasteiger partial charge in [-0.1, -0.05) is 30.0 Å². The Morgan fingerprint density at radius 2 is 1.95 bits per heavy atom. The highest BCUT2D eigenvalue weighted by Gasteiger charge is 2.07. The van der Waals surface area contributed by atoms with Crippen LogP contribution in [0.25, 0.3) is 0 Å². The number of hydrogen-bond donors (Lipinski definition) is 1. The molecule has 4 heteroatoms. The molecular formula is C15H11NO3. The SMILES string of the molecule is O=C(O)c1cn(CC#Cc2ccccc2)ccc1=O. The van der Waals surface area contributed by atoms with Crippen LogP contribution in [0.3, 0.4) is 0 Å². The summed E-state index contributed by atoms with van der Waals surface area (Å²) in [7, 11) is 0. The largest absolute Gasteiger partial charge is 0.477 e. The first kappa shape index (κ1) is 12.7. The summed E-state index contributed by atoms with van der Waals surface area (Å²) in [5.41, 5.74) is 0.144. The van der Waals surface area contributed by atoms with E-state index in [-0.39, 0.29) is 5.56 Å². The molecule has 0 radical (unpaired) electrons. The van der Waals surface area contributed by atoms with Crippen LogP contribution in [0, 0.1) is 11.8 Å². The number of rotatable bonds is 2. The van der Waals surface area contributed by atoms with Gasteiger partial charge in [-0.3, -0.25) is 4.79 Å². The second-order valence-corrected chi connectivity index (χ2v) is 3.87. The molecule has 0 aliphatic carbocycles. The molecule has 1 aromatic carbocycles. The van der Waals surface area contributed by atoms with Crippen molar-refractivity contribution in [2.45, 2.75) is 6.54 Å². The molecular weight excluding hydrogens is 242 g/mol. The first-order valence-electron chi connectivity index (χ1n) is 5.64. The standard InChI is InChI=1S/C15H11NO3/c17-14-8-10-16(11-13(14)15(18)19)9-4-7-12-5-2-1-3-6-12/h1-3,5-6,8,10-11H,9H2,(H,18,19). The molecule has 0 spiro atoms. The second kappa shape index (κ2) is 5.69. The lowest BCUT2D eigenvalue weighted by atomic mass is 10.2. The maximum absolute atomic E-state index is 11.3. The van der Waals surface area contributed by atoms with Crippen LogP contribution in [-0.2, 0) is 6.54 Å². The zero-order valence-electron chi connectivity index (χ0n) is 10.0. The van der Waals surface area contributed by atoms with E-state index in [0.29, 0.717) is 6.54 Å². The van der Waals surface area contributed by atoms with Gasteiger partial charge in [0.05, 0.1) is 6.54 Å². The van der Waals surface area contributed by atoms with Crippen molar-refractivity contribution in [2.24, 2.45) is 0 Å². The summed E-state index contributed by atoms with van der Waals surface area (Å²) in [4.78, 5) is 22.1. The topological polar surface area (TPSA) is 59.3 Å². The number of pyridine rings is 1. The molecule has 4 nitrogen and oxygen atoms in total. The molecule has 0 aliphatic heterocycles. The van der Waals surface area contributed by atoms with E-state index >= 15 is 0 Å². The number of aromatic nitrogens is 1. The summed E-state index contributed by atoms with van der Waals surface area (Å²) < 4.78 is 1.57. The van der Waals surface area contributed by atoms with Gasteiger partial charge in [-0.15, -0.1) is 0 Å². The van der Waals surface area contributed by atoms with E-state index in [0.717, 1.165) is 5.56 Å². The quantitative estimate of drug-likeness (QED) is 0.827. The Morgan fingerprint density at radius 1 is 1.21 bits per heavy atom. The van der Waals surface area contributed by atoms with Crippen LogP contribution < -0.4 is 5.43 Å². The van der Waals surface area contributed by atoms with Gasteiger partial charge < -0.3 is 9.67 Å². The van der Waals surface area contributed by atoms with E-state index in [4.69, 9.17) is 5.11 Å².